The number of rotatable bonds is 7. The number of carbonyl (C=O) groups is 2. The van der Waals surface area contributed by atoms with E-state index in [1.807, 2.05) is 41.3 Å². The van der Waals surface area contributed by atoms with E-state index in [0.29, 0.717) is 49.7 Å². The van der Waals surface area contributed by atoms with Crippen LogP contribution in [0, 0.1) is 17.8 Å². The van der Waals surface area contributed by atoms with Gasteiger partial charge in [-0.2, -0.15) is 0 Å². The van der Waals surface area contributed by atoms with Crippen molar-refractivity contribution in [2.75, 3.05) is 49.5 Å². The second kappa shape index (κ2) is 9.83. The fourth-order valence-corrected chi connectivity index (χ4v) is 5.29. The Labute approximate surface area is 200 Å². The molecule has 0 radical (unpaired) electrons. The zero-order valence-corrected chi connectivity index (χ0v) is 19.6. The number of fused-ring (bicyclic) bond motifs is 2. The molecular formula is C26H32N6O2. The van der Waals surface area contributed by atoms with Crippen molar-refractivity contribution in [2.45, 2.75) is 19.8 Å². The minimum Gasteiger partial charge on any atom is -0.368 e. The van der Waals surface area contributed by atoms with Crippen molar-refractivity contribution >= 4 is 23.5 Å². The van der Waals surface area contributed by atoms with Crippen molar-refractivity contribution in [3.8, 4) is 11.4 Å². The minimum absolute atomic E-state index is 0.0518. The van der Waals surface area contributed by atoms with Gasteiger partial charge in [-0.3, -0.25) is 9.59 Å². The highest BCUT2D eigenvalue weighted by atomic mass is 16.2. The zero-order chi connectivity index (χ0) is 23.5. The molecule has 1 aromatic heterocycles. The Bertz CT molecular complexity index is 1060. The monoisotopic (exact) mass is 460 g/mol. The molecule has 34 heavy (non-hydrogen) atoms. The largest absolute Gasteiger partial charge is 0.368 e. The zero-order valence-electron chi connectivity index (χ0n) is 19.6. The molecule has 1 saturated heterocycles. The van der Waals surface area contributed by atoms with Crippen LogP contribution in [0.1, 0.15) is 19.8 Å². The first-order valence-corrected chi connectivity index (χ1v) is 12.2. The number of allylic oxidation sites excluding steroid dienone is 2. The summed E-state index contributed by atoms with van der Waals surface area (Å²) in [5.74, 6) is 3.73. The average molecular weight is 461 g/mol. The predicted octanol–water partition coefficient (Wildman–Crippen LogP) is 2.55. The van der Waals surface area contributed by atoms with E-state index in [2.05, 4.69) is 27.7 Å². The number of anilines is 2. The standard InChI is InChI=1S/C26H32N6O2/c1-18(33)27-9-10-28-23-17-24(30-25(29-23)20-5-3-2-4-6-20)31-11-13-32(14-12-31)26(34)22-16-19-7-8-21(22)15-19/h2-8,17,19,21-22H,9-16H2,1H3,(H,27,33)(H,28,29,30). The molecular weight excluding hydrogens is 428 g/mol. The fourth-order valence-electron chi connectivity index (χ4n) is 5.29. The molecule has 2 N–H and O–H groups in total. The molecule has 3 atom stereocenters. The minimum atomic E-state index is -0.0518. The molecule has 3 aliphatic rings. The van der Waals surface area contributed by atoms with Crippen LogP contribution in [0.2, 0.25) is 0 Å². The lowest BCUT2D eigenvalue weighted by Crippen LogP contribution is -2.51. The molecule has 2 amide bonds. The molecule has 8 nitrogen and oxygen atoms in total. The third-order valence-corrected chi connectivity index (χ3v) is 7.06. The Kier molecular flexibility index (Phi) is 6.47. The SMILES string of the molecule is CC(=O)NCCNc1cc(N2CCN(C(=O)C3CC4C=CC3C4)CC2)nc(-c2ccccc2)n1. The van der Waals surface area contributed by atoms with E-state index in [1.165, 1.54) is 6.92 Å². The van der Waals surface area contributed by atoms with Crippen LogP contribution in [0.4, 0.5) is 11.6 Å². The van der Waals surface area contributed by atoms with Gasteiger partial charge in [0.1, 0.15) is 11.6 Å². The van der Waals surface area contributed by atoms with Crippen molar-refractivity contribution in [2.24, 2.45) is 17.8 Å². The van der Waals surface area contributed by atoms with Crippen LogP contribution < -0.4 is 15.5 Å². The summed E-state index contributed by atoms with van der Waals surface area (Å²) in [5, 5.41) is 6.10. The van der Waals surface area contributed by atoms with E-state index in [1.54, 1.807) is 0 Å². The van der Waals surface area contributed by atoms with Gasteiger partial charge in [-0.15, -0.1) is 0 Å². The molecule has 2 heterocycles. The van der Waals surface area contributed by atoms with Gasteiger partial charge in [-0.1, -0.05) is 42.5 Å². The first kappa shape index (κ1) is 22.4. The molecule has 178 valence electrons. The molecule has 1 aromatic carbocycles. The highest BCUT2D eigenvalue weighted by molar-refractivity contribution is 5.80. The highest BCUT2D eigenvalue weighted by Gasteiger charge is 2.41. The Morgan fingerprint density at radius 3 is 2.47 bits per heavy atom. The molecule has 3 unspecified atom stereocenters. The summed E-state index contributed by atoms with van der Waals surface area (Å²) >= 11 is 0. The quantitative estimate of drug-likeness (QED) is 0.488. The van der Waals surface area contributed by atoms with Crippen LogP contribution in [0.3, 0.4) is 0 Å². The smallest absolute Gasteiger partial charge is 0.226 e. The summed E-state index contributed by atoms with van der Waals surface area (Å²) < 4.78 is 0. The maximum absolute atomic E-state index is 13.1. The summed E-state index contributed by atoms with van der Waals surface area (Å²) in [6.07, 6.45) is 6.70. The lowest BCUT2D eigenvalue weighted by molar-refractivity contribution is -0.136. The van der Waals surface area contributed by atoms with Gasteiger partial charge in [0.25, 0.3) is 0 Å². The predicted molar refractivity (Wildman–Crippen MR) is 132 cm³/mol. The van der Waals surface area contributed by atoms with Gasteiger partial charge in [0.2, 0.25) is 11.8 Å². The number of benzene rings is 1. The number of hydrogen-bond donors (Lipinski definition) is 2. The lowest BCUT2D eigenvalue weighted by atomic mass is 9.92. The number of carbonyl (C=O) groups excluding carboxylic acids is 2. The first-order chi connectivity index (χ1) is 16.6. The van der Waals surface area contributed by atoms with Crippen LogP contribution in [0.25, 0.3) is 11.4 Å². The second-order valence-corrected chi connectivity index (χ2v) is 9.41. The fraction of sp³-hybridized carbons (Fsp3) is 0.462. The number of hydrogen-bond acceptors (Lipinski definition) is 6. The third kappa shape index (κ3) is 4.90. The first-order valence-electron chi connectivity index (χ1n) is 12.2. The van der Waals surface area contributed by atoms with Crippen LogP contribution in [-0.4, -0.2) is 66.0 Å². The molecule has 2 fully saturated rings. The lowest BCUT2D eigenvalue weighted by Gasteiger charge is -2.37. The number of aromatic nitrogens is 2. The van der Waals surface area contributed by atoms with E-state index in [-0.39, 0.29) is 11.8 Å². The van der Waals surface area contributed by atoms with Gasteiger partial charge >= 0.3 is 0 Å². The molecule has 8 heteroatoms. The molecule has 5 rings (SSSR count). The van der Waals surface area contributed by atoms with Gasteiger partial charge in [0.15, 0.2) is 5.82 Å². The maximum atomic E-state index is 13.1. The average Bonchev–Trinajstić information content (AvgIpc) is 3.51. The van der Waals surface area contributed by atoms with Crippen LogP contribution in [-0.2, 0) is 9.59 Å². The van der Waals surface area contributed by atoms with E-state index < -0.39 is 0 Å². The van der Waals surface area contributed by atoms with E-state index in [4.69, 9.17) is 9.97 Å². The van der Waals surface area contributed by atoms with E-state index in [9.17, 15) is 9.59 Å². The Morgan fingerprint density at radius 1 is 1.00 bits per heavy atom. The van der Waals surface area contributed by atoms with Crippen LogP contribution >= 0.6 is 0 Å². The molecule has 0 spiro atoms. The number of amides is 2. The summed E-state index contributed by atoms with van der Waals surface area (Å²) in [6, 6.07) is 11.9. The molecule has 2 aromatic rings. The third-order valence-electron chi connectivity index (χ3n) is 7.06. The summed E-state index contributed by atoms with van der Waals surface area (Å²) in [4.78, 5) is 38.1. The second-order valence-electron chi connectivity index (χ2n) is 9.41. The number of nitrogens with zero attached hydrogens (tertiary/aromatic N) is 4. The summed E-state index contributed by atoms with van der Waals surface area (Å²) in [6.45, 7) is 5.53. The maximum Gasteiger partial charge on any atom is 0.226 e. The molecule has 1 aliphatic heterocycles. The Balaban J connectivity index is 1.27. The normalized spacial score (nSPS) is 23.3. The van der Waals surface area contributed by atoms with Crippen molar-refractivity contribution in [1.82, 2.24) is 20.2 Å². The van der Waals surface area contributed by atoms with Crippen molar-refractivity contribution < 1.29 is 9.59 Å². The molecule has 2 bridgehead atoms. The van der Waals surface area contributed by atoms with Gasteiger partial charge in [0, 0.05) is 63.7 Å². The van der Waals surface area contributed by atoms with Gasteiger partial charge in [-0.25, -0.2) is 9.97 Å². The highest BCUT2D eigenvalue weighted by Crippen LogP contribution is 2.44. The van der Waals surface area contributed by atoms with Crippen LogP contribution in [0.5, 0.6) is 0 Å². The van der Waals surface area contributed by atoms with Gasteiger partial charge < -0.3 is 20.4 Å². The van der Waals surface area contributed by atoms with E-state index >= 15 is 0 Å². The number of piperazine rings is 1. The van der Waals surface area contributed by atoms with Crippen molar-refractivity contribution in [1.29, 1.82) is 0 Å². The van der Waals surface area contributed by atoms with E-state index in [0.717, 1.165) is 43.1 Å². The van der Waals surface area contributed by atoms with Crippen molar-refractivity contribution in [3.05, 3.63) is 48.6 Å². The Morgan fingerprint density at radius 2 is 1.79 bits per heavy atom. The van der Waals surface area contributed by atoms with Gasteiger partial charge in [-0.05, 0) is 24.7 Å². The Hall–Kier alpha value is -3.42. The summed E-state index contributed by atoms with van der Waals surface area (Å²) in [5.41, 5.74) is 0.951. The molecule has 1 saturated carbocycles. The van der Waals surface area contributed by atoms with Crippen molar-refractivity contribution in [3.63, 3.8) is 0 Å². The number of nitrogens with one attached hydrogen (secondary N) is 2. The topological polar surface area (TPSA) is 90.5 Å². The van der Waals surface area contributed by atoms with Gasteiger partial charge in [0.05, 0.1) is 0 Å². The summed E-state index contributed by atoms with van der Waals surface area (Å²) in [7, 11) is 0. The molecule has 2 aliphatic carbocycles. The van der Waals surface area contributed by atoms with Crippen LogP contribution in [0.15, 0.2) is 48.6 Å².